The van der Waals surface area contributed by atoms with E-state index >= 15 is 4.39 Å². The molecule has 2 saturated carbocycles. The summed E-state index contributed by atoms with van der Waals surface area (Å²) in [5.41, 5.74) is 2.05. The Morgan fingerprint density at radius 2 is 2.00 bits per heavy atom. The first kappa shape index (κ1) is 24.3. The van der Waals surface area contributed by atoms with Gasteiger partial charge in [-0.1, -0.05) is 12.1 Å². The molecule has 0 saturated heterocycles. The number of nitrogens with one attached hydrogen (secondary N) is 1. The van der Waals surface area contributed by atoms with E-state index in [1.807, 2.05) is 19.9 Å². The third kappa shape index (κ3) is 3.98. The van der Waals surface area contributed by atoms with Gasteiger partial charge in [0.05, 0.1) is 18.5 Å². The summed E-state index contributed by atoms with van der Waals surface area (Å²) in [6.07, 6.45) is 5.52. The molecule has 4 aromatic heterocycles. The molecule has 5 aromatic rings. The molecule has 1 spiro atoms. The highest BCUT2D eigenvalue weighted by atomic mass is 19.1. The van der Waals surface area contributed by atoms with Gasteiger partial charge >= 0.3 is 0 Å². The summed E-state index contributed by atoms with van der Waals surface area (Å²) in [6, 6.07) is 12.0. The van der Waals surface area contributed by atoms with E-state index in [0.29, 0.717) is 52.6 Å². The van der Waals surface area contributed by atoms with Gasteiger partial charge in [-0.05, 0) is 68.9 Å². The largest absolute Gasteiger partial charge is 0.492 e. The SMILES string of the molecule is CCOc1ccc(-c2nnc(C3CC4(C3)CC4NC(=O)c3cc(C)nc4ncnn34)n2-c2ccccc2F)nc1. The zero-order valence-corrected chi connectivity index (χ0v) is 22.0. The maximum Gasteiger partial charge on any atom is 0.270 e. The number of rotatable bonds is 7. The predicted octanol–water partition coefficient (Wildman–Crippen LogP) is 3.68. The van der Waals surface area contributed by atoms with Crippen LogP contribution in [0.5, 0.6) is 5.75 Å². The van der Waals surface area contributed by atoms with Crippen LogP contribution in [0.25, 0.3) is 23.0 Å². The summed E-state index contributed by atoms with van der Waals surface area (Å²) in [6.45, 7) is 4.27. The van der Waals surface area contributed by atoms with Gasteiger partial charge in [-0.25, -0.2) is 14.4 Å². The van der Waals surface area contributed by atoms with Gasteiger partial charge in [0, 0.05) is 17.7 Å². The number of para-hydroxylation sites is 1. The molecule has 0 bridgehead atoms. The van der Waals surface area contributed by atoms with Crippen LogP contribution in [-0.2, 0) is 0 Å². The van der Waals surface area contributed by atoms with Crippen molar-refractivity contribution in [3.05, 3.63) is 78.0 Å². The van der Waals surface area contributed by atoms with Crippen LogP contribution in [0.1, 0.15) is 54.1 Å². The van der Waals surface area contributed by atoms with Crippen LogP contribution in [0.2, 0.25) is 0 Å². The molecule has 40 heavy (non-hydrogen) atoms. The van der Waals surface area contributed by atoms with E-state index in [0.717, 1.165) is 19.3 Å². The number of aryl methyl sites for hydroxylation is 1. The number of carbonyl (C=O) groups excluding carboxylic acids is 1. The highest BCUT2D eigenvalue weighted by Gasteiger charge is 2.63. The van der Waals surface area contributed by atoms with Crippen LogP contribution in [-0.4, -0.2) is 57.9 Å². The molecule has 4 heterocycles. The first-order valence-corrected chi connectivity index (χ1v) is 13.2. The lowest BCUT2D eigenvalue weighted by Crippen LogP contribution is -2.37. The van der Waals surface area contributed by atoms with Crippen LogP contribution in [0.3, 0.4) is 0 Å². The number of hydrogen-bond donors (Lipinski definition) is 1. The Labute approximate surface area is 228 Å². The molecule has 2 aliphatic rings. The molecule has 11 nitrogen and oxygen atoms in total. The molecule has 7 rings (SSSR count). The maximum atomic E-state index is 15.0. The second kappa shape index (κ2) is 9.18. The van der Waals surface area contributed by atoms with E-state index in [2.05, 4.69) is 35.6 Å². The Balaban J connectivity index is 1.13. The first-order chi connectivity index (χ1) is 19.5. The monoisotopic (exact) mass is 539 g/mol. The second-order valence-electron chi connectivity index (χ2n) is 10.4. The lowest BCUT2D eigenvalue weighted by atomic mass is 9.70. The molecule has 1 N–H and O–H groups in total. The molecule has 1 atom stereocenters. The number of fused-ring (bicyclic) bond motifs is 1. The summed E-state index contributed by atoms with van der Waals surface area (Å²) in [5.74, 6) is 1.69. The van der Waals surface area contributed by atoms with Crippen molar-refractivity contribution < 1.29 is 13.9 Å². The Bertz CT molecular complexity index is 1740. The minimum absolute atomic E-state index is 0.00650. The maximum absolute atomic E-state index is 15.0. The third-order valence-electron chi connectivity index (χ3n) is 7.84. The Kier molecular flexibility index (Phi) is 5.58. The van der Waals surface area contributed by atoms with E-state index in [9.17, 15) is 4.79 Å². The van der Waals surface area contributed by atoms with Gasteiger partial charge in [0.1, 0.15) is 35.1 Å². The van der Waals surface area contributed by atoms with Gasteiger partial charge in [0.2, 0.25) is 0 Å². The van der Waals surface area contributed by atoms with E-state index in [4.69, 9.17) is 4.74 Å². The number of aromatic nitrogens is 8. The van der Waals surface area contributed by atoms with Gasteiger partial charge in [0.25, 0.3) is 11.7 Å². The second-order valence-corrected chi connectivity index (χ2v) is 10.4. The van der Waals surface area contributed by atoms with Crippen LogP contribution < -0.4 is 10.1 Å². The molecule has 2 aliphatic carbocycles. The number of hydrogen-bond acceptors (Lipinski definition) is 8. The molecular formula is C28H26FN9O2. The zero-order chi connectivity index (χ0) is 27.4. The summed E-state index contributed by atoms with van der Waals surface area (Å²) >= 11 is 0. The van der Waals surface area contributed by atoms with Crippen molar-refractivity contribution in [2.45, 2.75) is 45.1 Å². The molecule has 0 radical (unpaired) electrons. The Morgan fingerprint density at radius 3 is 2.77 bits per heavy atom. The van der Waals surface area contributed by atoms with Gasteiger partial charge in [0.15, 0.2) is 5.82 Å². The lowest BCUT2D eigenvalue weighted by molar-refractivity contribution is 0.0925. The molecule has 1 unspecified atom stereocenters. The van der Waals surface area contributed by atoms with Crippen molar-refractivity contribution in [1.29, 1.82) is 0 Å². The van der Waals surface area contributed by atoms with Crippen LogP contribution in [0, 0.1) is 18.2 Å². The normalized spacial score (nSPS) is 21.4. The van der Waals surface area contributed by atoms with Crippen molar-refractivity contribution in [3.8, 4) is 23.0 Å². The number of pyridine rings is 1. The Hall–Kier alpha value is -4.74. The van der Waals surface area contributed by atoms with E-state index < -0.39 is 0 Å². The van der Waals surface area contributed by atoms with Crippen LogP contribution in [0.4, 0.5) is 4.39 Å². The lowest BCUT2D eigenvalue weighted by Gasteiger charge is -2.36. The molecule has 202 valence electrons. The molecule has 0 aliphatic heterocycles. The summed E-state index contributed by atoms with van der Waals surface area (Å²) in [7, 11) is 0. The zero-order valence-electron chi connectivity index (χ0n) is 22.0. The van der Waals surface area contributed by atoms with E-state index in [1.165, 1.54) is 16.9 Å². The van der Waals surface area contributed by atoms with Crippen molar-refractivity contribution in [1.82, 2.24) is 44.6 Å². The highest BCUT2D eigenvalue weighted by molar-refractivity contribution is 5.93. The number of benzene rings is 1. The topological polar surface area (TPSA) is 125 Å². The van der Waals surface area contributed by atoms with Crippen molar-refractivity contribution in [2.24, 2.45) is 5.41 Å². The molecule has 2 fully saturated rings. The van der Waals surface area contributed by atoms with Crippen molar-refractivity contribution in [3.63, 3.8) is 0 Å². The minimum Gasteiger partial charge on any atom is -0.492 e. The Morgan fingerprint density at radius 1 is 1.15 bits per heavy atom. The smallest absolute Gasteiger partial charge is 0.270 e. The third-order valence-corrected chi connectivity index (χ3v) is 7.84. The molecule has 1 amide bonds. The van der Waals surface area contributed by atoms with Crippen LogP contribution in [0.15, 0.2) is 55.0 Å². The average molecular weight is 540 g/mol. The summed E-state index contributed by atoms with van der Waals surface area (Å²) in [5, 5.41) is 16.3. The minimum atomic E-state index is -0.367. The number of nitrogens with zero attached hydrogens (tertiary/aromatic N) is 8. The first-order valence-electron chi connectivity index (χ1n) is 13.2. The summed E-state index contributed by atoms with van der Waals surface area (Å²) < 4.78 is 23.8. The van der Waals surface area contributed by atoms with Gasteiger partial charge in [-0.15, -0.1) is 10.2 Å². The fourth-order valence-corrected chi connectivity index (χ4v) is 5.79. The van der Waals surface area contributed by atoms with Gasteiger partial charge < -0.3 is 10.1 Å². The van der Waals surface area contributed by atoms with Gasteiger partial charge in [-0.3, -0.25) is 9.36 Å². The fourth-order valence-electron chi connectivity index (χ4n) is 5.79. The quantitative estimate of drug-likeness (QED) is 0.332. The average Bonchev–Trinajstić information content (AvgIpc) is 3.23. The van der Waals surface area contributed by atoms with Crippen molar-refractivity contribution in [2.75, 3.05) is 6.61 Å². The van der Waals surface area contributed by atoms with Crippen LogP contribution >= 0.6 is 0 Å². The molecule has 12 heteroatoms. The van der Waals surface area contributed by atoms with E-state index in [-0.39, 0.29) is 29.1 Å². The molecule has 1 aromatic carbocycles. The fraction of sp³-hybridized carbons (Fsp3) is 0.321. The van der Waals surface area contributed by atoms with E-state index in [1.54, 1.807) is 41.1 Å². The highest BCUT2D eigenvalue weighted by Crippen LogP contribution is 2.66. The predicted molar refractivity (Wildman–Crippen MR) is 142 cm³/mol. The summed E-state index contributed by atoms with van der Waals surface area (Å²) in [4.78, 5) is 26.0. The molecular weight excluding hydrogens is 513 g/mol. The number of amides is 1. The number of carbonyl (C=O) groups is 1. The van der Waals surface area contributed by atoms with Crippen molar-refractivity contribution >= 4 is 11.7 Å². The number of ether oxygens (including phenoxy) is 1. The number of halogens is 1. The standard InChI is InChI=1S/C28H26FN9O2/c1-3-40-18-8-9-20(30-14-18)25-36-35-24(37(25)21-7-5-4-6-19(21)29)17-11-28(12-17)13-23(28)34-26(39)22-10-16(2)33-27-31-15-32-38(22)27/h4-10,14-15,17,23H,3,11-13H2,1-2H3,(H,34,39). The van der Waals surface area contributed by atoms with Gasteiger partial charge in [-0.2, -0.15) is 14.6 Å².